The molecule has 0 saturated carbocycles. The van der Waals surface area contributed by atoms with E-state index in [1.165, 1.54) is 22.6 Å². The third kappa shape index (κ3) is 3.62. The Morgan fingerprint density at radius 1 is 0.857 bits per heavy atom. The Morgan fingerprint density at radius 2 is 1.43 bits per heavy atom. The summed E-state index contributed by atoms with van der Waals surface area (Å²) in [5.41, 5.74) is 0. The molecule has 0 spiro atoms. The fourth-order valence-corrected chi connectivity index (χ4v) is 43.0. The molecule has 0 aromatic rings. The first-order chi connectivity index (χ1) is 3.50. The second kappa shape index (κ2) is 4.91. The zero-order chi connectivity index (χ0) is 4.95. The third-order valence-electron chi connectivity index (χ3n) is 0.579. The topological polar surface area (TPSA) is 0 Å². The van der Waals surface area contributed by atoms with Gasteiger partial charge >= 0.3 is 65.9 Å². The molecule has 7 heavy (non-hydrogen) atoms. The van der Waals surface area contributed by atoms with Gasteiger partial charge < -0.3 is 0 Å². The Morgan fingerprint density at radius 3 is 2.00 bits per heavy atom. The fourth-order valence-electron chi connectivity index (χ4n) is 0.284. The summed E-state index contributed by atoms with van der Waals surface area (Å²) in [5.74, 6) is 0. The van der Waals surface area contributed by atoms with E-state index in [2.05, 4.69) is 0 Å². The van der Waals surface area contributed by atoms with E-state index >= 15 is 0 Å². The molecule has 0 aromatic heterocycles. The van der Waals surface area contributed by atoms with Gasteiger partial charge in [-0.1, -0.05) is 0 Å². The standard InChI is InChI=1S/C3H6Se4/c1-2-4-6-7-5-3-1/h1-3H2. The van der Waals surface area contributed by atoms with Crippen molar-refractivity contribution in [3.8, 4) is 0 Å². The summed E-state index contributed by atoms with van der Waals surface area (Å²) in [6.07, 6.45) is 1.59. The Hall–Kier alpha value is 2.08. The van der Waals surface area contributed by atoms with Gasteiger partial charge in [0.15, 0.2) is 0 Å². The summed E-state index contributed by atoms with van der Waals surface area (Å²) in [6, 6.07) is 0. The van der Waals surface area contributed by atoms with Crippen LogP contribution in [0.3, 0.4) is 0 Å². The molecule has 0 radical (unpaired) electrons. The maximum atomic E-state index is 1.62. The van der Waals surface area contributed by atoms with Crippen molar-refractivity contribution in [3.63, 3.8) is 0 Å². The normalized spacial score (nSPS) is 24.0. The third-order valence-corrected chi connectivity index (χ3v) is 39.7. The number of hydrogen-bond donors (Lipinski definition) is 0. The van der Waals surface area contributed by atoms with Crippen molar-refractivity contribution in [2.75, 3.05) is 0 Å². The van der Waals surface area contributed by atoms with E-state index in [1.54, 1.807) is 17.1 Å². The van der Waals surface area contributed by atoms with E-state index in [9.17, 15) is 0 Å². The molecule has 1 heterocycles. The van der Waals surface area contributed by atoms with Crippen LogP contribution in [0.4, 0.5) is 0 Å². The van der Waals surface area contributed by atoms with Crippen LogP contribution in [0.5, 0.6) is 0 Å². The summed E-state index contributed by atoms with van der Waals surface area (Å²) < 4.78 is 0. The van der Waals surface area contributed by atoms with Crippen molar-refractivity contribution in [1.82, 2.24) is 0 Å². The minimum atomic E-state index is 1.14. The van der Waals surface area contributed by atoms with Crippen molar-refractivity contribution in [3.05, 3.63) is 0 Å². The van der Waals surface area contributed by atoms with Crippen LogP contribution >= 0.6 is 0 Å². The SMILES string of the molecule is C1C[Se][Se][Se][Se]C1. The molecule has 0 atom stereocenters. The van der Waals surface area contributed by atoms with Crippen molar-refractivity contribution >= 4 is 48.9 Å². The van der Waals surface area contributed by atoms with E-state index in [0.29, 0.717) is 0 Å². The first-order valence-electron chi connectivity index (χ1n) is 2.08. The van der Waals surface area contributed by atoms with Gasteiger partial charge in [-0.25, -0.2) is 0 Å². The molecule has 0 nitrogen and oxygen atoms in total. The van der Waals surface area contributed by atoms with Gasteiger partial charge in [0.2, 0.25) is 0 Å². The molecule has 0 unspecified atom stereocenters. The molecule has 42 valence electrons. The van der Waals surface area contributed by atoms with Crippen LogP contribution in [-0.4, -0.2) is 48.9 Å². The Bertz CT molecular complexity index is 26.5. The van der Waals surface area contributed by atoms with Gasteiger partial charge in [0.25, 0.3) is 0 Å². The van der Waals surface area contributed by atoms with E-state index in [1.807, 2.05) is 0 Å². The van der Waals surface area contributed by atoms with Crippen LogP contribution in [0.1, 0.15) is 6.42 Å². The molecule has 1 rings (SSSR count). The Kier molecular flexibility index (Phi) is 5.04. The Labute approximate surface area is 65.2 Å². The first kappa shape index (κ1) is 7.19. The summed E-state index contributed by atoms with van der Waals surface area (Å²) in [7, 11) is 0. The van der Waals surface area contributed by atoms with Gasteiger partial charge in [0, 0.05) is 0 Å². The van der Waals surface area contributed by atoms with Gasteiger partial charge in [-0.05, 0) is 0 Å². The molecule has 0 aliphatic carbocycles. The zero-order valence-corrected chi connectivity index (χ0v) is 10.6. The fraction of sp³-hybridized carbons (Fsp3) is 1.00. The second-order valence-corrected chi connectivity index (χ2v) is 27.9. The number of rotatable bonds is 0. The average molecular weight is 358 g/mol. The van der Waals surface area contributed by atoms with Gasteiger partial charge in [0.05, 0.1) is 0 Å². The van der Waals surface area contributed by atoms with Gasteiger partial charge in [-0.2, -0.15) is 0 Å². The summed E-state index contributed by atoms with van der Waals surface area (Å²) in [6.45, 7) is 0. The van der Waals surface area contributed by atoms with Crippen LogP contribution < -0.4 is 0 Å². The predicted molar refractivity (Wildman–Crippen MR) is 37.2 cm³/mol. The van der Waals surface area contributed by atoms with Crippen LogP contribution in [-0.2, 0) is 0 Å². The van der Waals surface area contributed by atoms with Crippen molar-refractivity contribution in [2.45, 2.75) is 17.1 Å². The van der Waals surface area contributed by atoms with Gasteiger partial charge in [-0.3, -0.25) is 0 Å². The molecule has 0 N–H and O–H groups in total. The van der Waals surface area contributed by atoms with Crippen molar-refractivity contribution < 1.29 is 0 Å². The van der Waals surface area contributed by atoms with Crippen LogP contribution in [0, 0.1) is 0 Å². The molecular weight excluding hydrogens is 352 g/mol. The van der Waals surface area contributed by atoms with E-state index in [4.69, 9.17) is 0 Å². The van der Waals surface area contributed by atoms with Crippen molar-refractivity contribution in [2.24, 2.45) is 0 Å². The molecule has 1 fully saturated rings. The van der Waals surface area contributed by atoms with Crippen LogP contribution in [0.15, 0.2) is 0 Å². The molecule has 4 heteroatoms. The second-order valence-electron chi connectivity index (χ2n) is 1.13. The molecule has 1 aliphatic heterocycles. The molecule has 0 aromatic carbocycles. The molecular formula is C3H6Se4. The van der Waals surface area contributed by atoms with Gasteiger partial charge in [-0.15, -0.1) is 0 Å². The predicted octanol–water partition coefficient (Wildman–Crippen LogP) is -0.212. The Balaban J connectivity index is 2.04. The molecule has 1 aliphatic rings. The molecule has 0 amide bonds. The quantitative estimate of drug-likeness (QED) is 0.526. The van der Waals surface area contributed by atoms with Gasteiger partial charge in [0.1, 0.15) is 0 Å². The first-order valence-corrected chi connectivity index (χ1v) is 17.5. The summed E-state index contributed by atoms with van der Waals surface area (Å²) in [4.78, 5) is 0. The maximum absolute atomic E-state index is 1.62. The van der Waals surface area contributed by atoms with Crippen LogP contribution in [0.25, 0.3) is 0 Å². The van der Waals surface area contributed by atoms with E-state index < -0.39 is 0 Å². The molecule has 1 saturated heterocycles. The van der Waals surface area contributed by atoms with E-state index in [-0.39, 0.29) is 0 Å². The monoisotopic (exact) mass is 362 g/mol. The number of hydrogen-bond acceptors (Lipinski definition) is 0. The summed E-state index contributed by atoms with van der Waals surface area (Å²) in [5, 5.41) is 3.24. The summed E-state index contributed by atoms with van der Waals surface area (Å²) >= 11 is 4.67. The van der Waals surface area contributed by atoms with Crippen LogP contribution in [0.2, 0.25) is 10.6 Å². The average Bonchev–Trinajstić information content (AvgIpc) is 1.90. The van der Waals surface area contributed by atoms with Crippen molar-refractivity contribution in [1.29, 1.82) is 0 Å². The minimum absolute atomic E-state index is 1.14. The zero-order valence-electron chi connectivity index (χ0n) is 3.75. The van der Waals surface area contributed by atoms with E-state index in [0.717, 1.165) is 26.3 Å². The molecule has 0 bridgehead atoms.